The number of benzene rings is 1. The van der Waals surface area contributed by atoms with Crippen molar-refractivity contribution in [2.45, 2.75) is 19.8 Å². The molecule has 132 valence electrons. The number of ether oxygens (including phenoxy) is 1. The molecule has 1 saturated heterocycles. The molecule has 1 aliphatic rings. The van der Waals surface area contributed by atoms with Gasteiger partial charge in [0.05, 0.1) is 30.0 Å². The van der Waals surface area contributed by atoms with Crippen LogP contribution >= 0.6 is 0 Å². The van der Waals surface area contributed by atoms with Gasteiger partial charge in [-0.15, -0.1) is 0 Å². The van der Waals surface area contributed by atoms with Crippen LogP contribution in [0.3, 0.4) is 0 Å². The highest BCUT2D eigenvalue weighted by molar-refractivity contribution is 6.00. The highest BCUT2D eigenvalue weighted by Crippen LogP contribution is 2.26. The summed E-state index contributed by atoms with van der Waals surface area (Å²) in [5.74, 6) is -0.537. The van der Waals surface area contributed by atoms with Gasteiger partial charge in [0, 0.05) is 25.7 Å². The Morgan fingerprint density at radius 3 is 2.76 bits per heavy atom. The molecule has 1 fully saturated rings. The summed E-state index contributed by atoms with van der Waals surface area (Å²) in [5.41, 5.74) is 2.31. The number of aryl methyl sites for hydroxylation is 1. The van der Waals surface area contributed by atoms with E-state index in [9.17, 15) is 9.59 Å². The Kier molecular flexibility index (Phi) is 5.16. The van der Waals surface area contributed by atoms with Crippen molar-refractivity contribution in [3.8, 4) is 11.3 Å². The van der Waals surface area contributed by atoms with Crippen molar-refractivity contribution in [2.24, 2.45) is 13.0 Å². The van der Waals surface area contributed by atoms with Crippen molar-refractivity contribution < 1.29 is 14.3 Å². The van der Waals surface area contributed by atoms with Crippen LogP contribution in [0.4, 0.5) is 0 Å². The second-order valence-corrected chi connectivity index (χ2v) is 6.24. The van der Waals surface area contributed by atoms with Gasteiger partial charge in [-0.25, -0.2) is 0 Å². The van der Waals surface area contributed by atoms with E-state index in [1.54, 1.807) is 22.7 Å². The molecule has 3 rings (SSSR count). The topological polar surface area (TPSA) is 64.4 Å². The largest absolute Gasteiger partial charge is 0.466 e. The number of piperidine rings is 1. The minimum absolute atomic E-state index is 0.0825. The van der Waals surface area contributed by atoms with Crippen LogP contribution in [0.1, 0.15) is 30.1 Å². The number of carbonyl (C=O) groups is 2. The van der Waals surface area contributed by atoms with Crippen molar-refractivity contribution in [2.75, 3.05) is 19.7 Å². The van der Waals surface area contributed by atoms with Gasteiger partial charge in [-0.3, -0.25) is 14.3 Å². The lowest BCUT2D eigenvalue weighted by Crippen LogP contribution is -2.42. The number of hydrogen-bond donors (Lipinski definition) is 0. The van der Waals surface area contributed by atoms with Crippen molar-refractivity contribution >= 4 is 11.9 Å². The average molecular weight is 341 g/mol. The van der Waals surface area contributed by atoms with E-state index in [1.165, 1.54) is 0 Å². The highest BCUT2D eigenvalue weighted by atomic mass is 16.5. The third-order valence-electron chi connectivity index (χ3n) is 4.54. The van der Waals surface area contributed by atoms with E-state index in [2.05, 4.69) is 5.10 Å². The molecule has 0 aliphatic carbocycles. The first-order chi connectivity index (χ1) is 12.1. The zero-order valence-corrected chi connectivity index (χ0v) is 14.6. The van der Waals surface area contributed by atoms with E-state index in [0.717, 1.165) is 24.1 Å². The number of likely N-dealkylation sites (tertiary alicyclic amines) is 1. The fourth-order valence-electron chi connectivity index (χ4n) is 3.32. The summed E-state index contributed by atoms with van der Waals surface area (Å²) in [6.45, 7) is 3.22. The predicted octanol–water partition coefficient (Wildman–Crippen LogP) is 2.50. The van der Waals surface area contributed by atoms with Gasteiger partial charge < -0.3 is 9.64 Å². The van der Waals surface area contributed by atoms with Crippen LogP contribution in [0.15, 0.2) is 36.5 Å². The standard InChI is InChI=1S/C19H23N3O3/c1-3-25-19(24)15-10-7-11-22(13-15)18(23)16-12-20-21(2)17(16)14-8-5-4-6-9-14/h4-6,8-9,12,15H,3,7,10-11,13H2,1-2H3/t15-/m1/s1. The quantitative estimate of drug-likeness (QED) is 0.802. The zero-order chi connectivity index (χ0) is 17.8. The Balaban J connectivity index is 1.83. The molecular weight excluding hydrogens is 318 g/mol. The number of carbonyl (C=O) groups excluding carboxylic acids is 2. The molecule has 0 bridgehead atoms. The third kappa shape index (κ3) is 3.57. The molecule has 2 heterocycles. The maximum atomic E-state index is 13.1. The molecule has 6 nitrogen and oxygen atoms in total. The lowest BCUT2D eigenvalue weighted by Gasteiger charge is -2.31. The van der Waals surface area contributed by atoms with E-state index in [1.807, 2.05) is 37.4 Å². The van der Waals surface area contributed by atoms with Crippen LogP contribution in [0.5, 0.6) is 0 Å². The second-order valence-electron chi connectivity index (χ2n) is 6.24. The Morgan fingerprint density at radius 2 is 2.04 bits per heavy atom. The zero-order valence-electron chi connectivity index (χ0n) is 14.6. The second kappa shape index (κ2) is 7.51. The van der Waals surface area contributed by atoms with E-state index in [-0.39, 0.29) is 17.8 Å². The summed E-state index contributed by atoms with van der Waals surface area (Å²) in [4.78, 5) is 26.8. The summed E-state index contributed by atoms with van der Waals surface area (Å²) in [6, 6.07) is 9.75. The molecule has 1 aliphatic heterocycles. The molecule has 0 spiro atoms. The molecule has 0 radical (unpaired) electrons. The molecule has 25 heavy (non-hydrogen) atoms. The van der Waals surface area contributed by atoms with Gasteiger partial charge in [-0.05, 0) is 19.8 Å². The Morgan fingerprint density at radius 1 is 1.28 bits per heavy atom. The van der Waals surface area contributed by atoms with Crippen molar-refractivity contribution in [3.63, 3.8) is 0 Å². The summed E-state index contributed by atoms with van der Waals surface area (Å²) in [5, 5.41) is 4.27. The highest BCUT2D eigenvalue weighted by Gasteiger charge is 2.31. The summed E-state index contributed by atoms with van der Waals surface area (Å²) in [7, 11) is 1.83. The predicted molar refractivity (Wildman–Crippen MR) is 93.9 cm³/mol. The van der Waals surface area contributed by atoms with Gasteiger partial charge in [-0.1, -0.05) is 30.3 Å². The molecule has 6 heteroatoms. The smallest absolute Gasteiger partial charge is 0.310 e. The number of nitrogens with zero attached hydrogens (tertiary/aromatic N) is 3. The van der Waals surface area contributed by atoms with Crippen LogP contribution in [0.2, 0.25) is 0 Å². The first-order valence-electron chi connectivity index (χ1n) is 8.65. The van der Waals surface area contributed by atoms with E-state index >= 15 is 0 Å². The number of aromatic nitrogens is 2. The summed E-state index contributed by atoms with van der Waals surface area (Å²) < 4.78 is 6.84. The fourth-order valence-corrected chi connectivity index (χ4v) is 3.32. The van der Waals surface area contributed by atoms with Gasteiger partial charge in [0.1, 0.15) is 0 Å². The average Bonchev–Trinajstić information content (AvgIpc) is 3.03. The fraction of sp³-hybridized carbons (Fsp3) is 0.421. The van der Waals surface area contributed by atoms with Crippen LogP contribution in [0, 0.1) is 5.92 Å². The lowest BCUT2D eigenvalue weighted by atomic mass is 9.97. The molecule has 1 amide bonds. The van der Waals surface area contributed by atoms with Crippen molar-refractivity contribution in [1.82, 2.24) is 14.7 Å². The summed E-state index contributed by atoms with van der Waals surface area (Å²) in [6.07, 6.45) is 3.18. The number of hydrogen-bond acceptors (Lipinski definition) is 4. The van der Waals surface area contributed by atoms with Crippen LogP contribution in [-0.4, -0.2) is 46.3 Å². The molecule has 0 N–H and O–H groups in total. The number of esters is 1. The maximum absolute atomic E-state index is 13.1. The van der Waals surface area contributed by atoms with Gasteiger partial charge in [0.2, 0.25) is 0 Å². The molecule has 2 aromatic rings. The van der Waals surface area contributed by atoms with E-state index < -0.39 is 0 Å². The van der Waals surface area contributed by atoms with Gasteiger partial charge in [0.15, 0.2) is 0 Å². The molecule has 1 aromatic carbocycles. The van der Waals surface area contributed by atoms with Crippen molar-refractivity contribution in [3.05, 3.63) is 42.1 Å². The molecular formula is C19H23N3O3. The monoisotopic (exact) mass is 341 g/mol. The minimum atomic E-state index is -0.241. The van der Waals surface area contributed by atoms with Crippen LogP contribution < -0.4 is 0 Å². The molecule has 1 aromatic heterocycles. The number of amides is 1. The lowest BCUT2D eigenvalue weighted by molar-refractivity contribution is -0.149. The Labute approximate surface area is 147 Å². The third-order valence-corrected chi connectivity index (χ3v) is 4.54. The Bertz CT molecular complexity index is 755. The van der Waals surface area contributed by atoms with Gasteiger partial charge in [0.25, 0.3) is 5.91 Å². The normalized spacial score (nSPS) is 17.4. The van der Waals surface area contributed by atoms with Gasteiger partial charge in [-0.2, -0.15) is 5.10 Å². The first kappa shape index (κ1) is 17.2. The molecule has 0 unspecified atom stereocenters. The van der Waals surface area contributed by atoms with E-state index in [0.29, 0.717) is 25.3 Å². The maximum Gasteiger partial charge on any atom is 0.310 e. The molecule has 0 saturated carbocycles. The van der Waals surface area contributed by atoms with Crippen LogP contribution in [-0.2, 0) is 16.6 Å². The Hall–Kier alpha value is -2.63. The summed E-state index contributed by atoms with van der Waals surface area (Å²) >= 11 is 0. The van der Waals surface area contributed by atoms with E-state index in [4.69, 9.17) is 4.74 Å². The number of rotatable bonds is 4. The van der Waals surface area contributed by atoms with Crippen LogP contribution in [0.25, 0.3) is 11.3 Å². The molecule has 1 atom stereocenters. The van der Waals surface area contributed by atoms with Gasteiger partial charge >= 0.3 is 5.97 Å². The minimum Gasteiger partial charge on any atom is -0.466 e. The first-order valence-corrected chi connectivity index (χ1v) is 8.65. The van der Waals surface area contributed by atoms with Crippen molar-refractivity contribution in [1.29, 1.82) is 0 Å². The SMILES string of the molecule is CCOC(=O)[C@@H]1CCCN(C(=O)c2cnn(C)c2-c2ccccc2)C1.